The van der Waals surface area contributed by atoms with Gasteiger partial charge in [-0.1, -0.05) is 6.58 Å². The van der Waals surface area contributed by atoms with Crippen LogP contribution in [0.3, 0.4) is 0 Å². The molecule has 1 fully saturated rings. The highest BCUT2D eigenvalue weighted by Gasteiger charge is 2.46. The number of carbonyl (C=O) groups excluding carboxylic acids is 1. The molecule has 11 heteroatoms. The number of nitrogens with one attached hydrogen (secondary N) is 2. The van der Waals surface area contributed by atoms with E-state index in [2.05, 4.69) is 11.3 Å². The Kier molecular flexibility index (Phi) is 12.0. The highest BCUT2D eigenvalue weighted by Crippen LogP contribution is 2.33. The molecule has 1 saturated heterocycles. The highest BCUT2D eigenvalue weighted by molar-refractivity contribution is 7.90. The first-order valence-electron chi connectivity index (χ1n) is 11.4. The molecule has 0 saturated carbocycles. The molecule has 198 valence electrons. The number of carbonyl (C=O) groups is 1. The number of unbranched alkanes of at least 4 members (excludes halogenated alkanes) is 1. The van der Waals surface area contributed by atoms with Crippen molar-refractivity contribution < 1.29 is 31.6 Å². The Balaban J connectivity index is 2.82. The fourth-order valence-electron chi connectivity index (χ4n) is 3.56. The first-order chi connectivity index (χ1) is 15.6. The van der Waals surface area contributed by atoms with E-state index in [-0.39, 0.29) is 31.7 Å². The normalized spacial score (nSPS) is 24.1. The second-order valence-corrected chi connectivity index (χ2v) is 12.0. The number of halogens is 4. The molecule has 5 unspecified atom stereocenters. The van der Waals surface area contributed by atoms with E-state index in [1.165, 1.54) is 11.8 Å². The molecule has 1 rings (SSSR count). The number of ether oxygens (including phenoxy) is 1. The monoisotopic (exact) mass is 513 g/mol. The van der Waals surface area contributed by atoms with Gasteiger partial charge in [-0.15, -0.1) is 4.72 Å². The minimum Gasteiger partial charge on any atom is -0.598 e. The molecule has 1 aliphatic heterocycles. The second-order valence-electron chi connectivity index (χ2n) is 9.92. The fraction of sp³-hybridized carbons (Fsp3) is 0.783. The number of amides is 1. The largest absolute Gasteiger partial charge is 0.598 e. The van der Waals surface area contributed by atoms with Crippen LogP contribution >= 0.6 is 0 Å². The van der Waals surface area contributed by atoms with Crippen LogP contribution in [0.1, 0.15) is 60.8 Å². The Hall–Kier alpha value is -1.14. The summed E-state index contributed by atoms with van der Waals surface area (Å²) in [5.74, 6) is -3.71. The summed E-state index contributed by atoms with van der Waals surface area (Å²) in [6.07, 6.45) is -2.44. The van der Waals surface area contributed by atoms with Crippen molar-refractivity contribution in [2.75, 3.05) is 26.3 Å². The zero-order valence-corrected chi connectivity index (χ0v) is 21.8. The summed E-state index contributed by atoms with van der Waals surface area (Å²) in [5.41, 5.74) is -2.94. The molecule has 34 heavy (non-hydrogen) atoms. The van der Waals surface area contributed by atoms with Gasteiger partial charge in [0, 0.05) is 37.4 Å². The van der Waals surface area contributed by atoms with Crippen LogP contribution in [0.5, 0.6) is 0 Å². The van der Waals surface area contributed by atoms with Crippen molar-refractivity contribution >= 4 is 17.3 Å². The van der Waals surface area contributed by atoms with Crippen LogP contribution in [-0.4, -0.2) is 70.3 Å². The molecule has 0 bridgehead atoms. The molecule has 1 amide bonds. The summed E-state index contributed by atoms with van der Waals surface area (Å²) in [7, 11) is 0. The molecular weight excluding hydrogens is 474 g/mol. The van der Waals surface area contributed by atoms with Crippen molar-refractivity contribution in [3.63, 3.8) is 0 Å². The first-order valence-corrected chi connectivity index (χ1v) is 12.6. The Morgan fingerprint density at radius 1 is 1.21 bits per heavy atom. The van der Waals surface area contributed by atoms with Crippen LogP contribution in [0.4, 0.5) is 17.6 Å². The van der Waals surface area contributed by atoms with Gasteiger partial charge < -0.3 is 14.6 Å². The number of hydrogen-bond acceptors (Lipinski definition) is 5. The summed E-state index contributed by atoms with van der Waals surface area (Å²) in [6.45, 7) is 12.7. The average molecular weight is 514 g/mol. The topological polar surface area (TPSA) is 76.7 Å². The maximum atomic E-state index is 15.3. The maximum Gasteiger partial charge on any atom is 0.224 e. The molecule has 1 aliphatic rings. The van der Waals surface area contributed by atoms with Crippen LogP contribution in [0.2, 0.25) is 0 Å². The van der Waals surface area contributed by atoms with Gasteiger partial charge in [-0.05, 0) is 54.4 Å². The predicted molar refractivity (Wildman–Crippen MR) is 127 cm³/mol. The van der Waals surface area contributed by atoms with Crippen LogP contribution in [0.25, 0.3) is 0 Å². The molecular formula is C23H39F4N3O3S. The minimum atomic E-state index is -2.55. The molecule has 0 aromatic heterocycles. The summed E-state index contributed by atoms with van der Waals surface area (Å²) in [4.78, 5) is 13.7. The van der Waals surface area contributed by atoms with E-state index in [1.807, 2.05) is 26.1 Å². The van der Waals surface area contributed by atoms with Gasteiger partial charge >= 0.3 is 0 Å². The minimum absolute atomic E-state index is 0.0935. The van der Waals surface area contributed by atoms with E-state index in [9.17, 15) is 18.1 Å². The first kappa shape index (κ1) is 30.9. The molecule has 0 aromatic rings. The van der Waals surface area contributed by atoms with E-state index in [1.54, 1.807) is 13.8 Å². The maximum absolute atomic E-state index is 15.3. The Morgan fingerprint density at radius 2 is 1.76 bits per heavy atom. The lowest BCUT2D eigenvalue weighted by atomic mass is 9.91. The van der Waals surface area contributed by atoms with Crippen molar-refractivity contribution in [2.24, 2.45) is 0 Å². The number of alkyl halides is 2. The quantitative estimate of drug-likeness (QED) is 0.177. The number of hydrogen-bond donors (Lipinski definition) is 2. The van der Waals surface area contributed by atoms with Gasteiger partial charge in [-0.2, -0.15) is 0 Å². The lowest BCUT2D eigenvalue weighted by Gasteiger charge is -2.46. The third kappa shape index (κ3) is 8.82. The Morgan fingerprint density at radius 3 is 2.24 bits per heavy atom. The summed E-state index contributed by atoms with van der Waals surface area (Å²) in [5, 5.41) is 2.04. The van der Waals surface area contributed by atoms with Crippen molar-refractivity contribution in [2.45, 2.75) is 89.5 Å². The van der Waals surface area contributed by atoms with Gasteiger partial charge in [0.15, 0.2) is 12.0 Å². The number of nitrogens with zero attached hydrogens (tertiary/aromatic N) is 1. The van der Waals surface area contributed by atoms with Gasteiger partial charge in [-0.25, -0.2) is 17.6 Å². The van der Waals surface area contributed by atoms with Gasteiger partial charge in [0.2, 0.25) is 5.91 Å². The van der Waals surface area contributed by atoms with Crippen molar-refractivity contribution in [3.05, 3.63) is 23.9 Å². The fourth-order valence-corrected chi connectivity index (χ4v) is 4.32. The lowest BCUT2D eigenvalue weighted by Crippen LogP contribution is -2.61. The second kappa shape index (κ2) is 13.2. The zero-order chi connectivity index (χ0) is 26.3. The molecule has 2 N–H and O–H groups in total. The van der Waals surface area contributed by atoms with Crippen molar-refractivity contribution in [1.82, 2.24) is 14.9 Å². The van der Waals surface area contributed by atoms with E-state index < -0.39 is 57.8 Å². The molecule has 0 radical (unpaired) electrons. The summed E-state index contributed by atoms with van der Waals surface area (Å²) >= 11 is -1.25. The molecule has 0 aromatic carbocycles. The third-order valence-corrected chi connectivity index (χ3v) is 7.15. The van der Waals surface area contributed by atoms with E-state index in [0.717, 1.165) is 0 Å². The smallest absolute Gasteiger partial charge is 0.224 e. The predicted octanol–water partition coefficient (Wildman–Crippen LogP) is 4.16. The molecule has 6 nitrogen and oxygen atoms in total. The van der Waals surface area contributed by atoms with E-state index in [4.69, 9.17) is 4.74 Å². The Bertz CT molecular complexity index is 725. The molecule has 0 spiro atoms. The number of allylic oxidation sites excluding steroid dienone is 1. The number of rotatable bonds is 12. The standard InChI is InChI=1S/C23H39F4N3O3S/c1-15-12-30(13-16(2)33-15)23(7,14-24)21(27)19(26)20(17(3)25)29-18(31)10-8-9-11-28-34(32)22(4,5)6/h15-16,21,28H,3,8-14H2,1-2,4-7H3,(H,29,31)/b20-19-. The van der Waals surface area contributed by atoms with Gasteiger partial charge in [0.25, 0.3) is 0 Å². The summed E-state index contributed by atoms with van der Waals surface area (Å²) < 4.78 is 78.3. The van der Waals surface area contributed by atoms with E-state index in [0.29, 0.717) is 19.4 Å². The molecule has 0 aliphatic carbocycles. The van der Waals surface area contributed by atoms with Crippen molar-refractivity contribution in [3.8, 4) is 0 Å². The third-order valence-electron chi connectivity index (χ3n) is 5.58. The number of morpholine rings is 1. The average Bonchev–Trinajstić information content (AvgIpc) is 2.73. The van der Waals surface area contributed by atoms with Crippen molar-refractivity contribution in [1.29, 1.82) is 0 Å². The van der Waals surface area contributed by atoms with Gasteiger partial charge in [-0.3, -0.25) is 9.69 Å². The van der Waals surface area contributed by atoms with Crippen LogP contribution < -0.4 is 10.0 Å². The summed E-state index contributed by atoms with van der Waals surface area (Å²) in [6, 6.07) is 0. The van der Waals surface area contributed by atoms with Gasteiger partial charge in [0.05, 0.1) is 17.7 Å². The van der Waals surface area contributed by atoms with Crippen LogP contribution in [0.15, 0.2) is 23.9 Å². The van der Waals surface area contributed by atoms with Crippen LogP contribution in [0, 0.1) is 0 Å². The highest BCUT2D eigenvalue weighted by atomic mass is 32.2. The van der Waals surface area contributed by atoms with Crippen LogP contribution in [-0.2, 0) is 20.9 Å². The van der Waals surface area contributed by atoms with Gasteiger partial charge in [0.1, 0.15) is 22.9 Å². The molecule has 5 atom stereocenters. The SMILES string of the molecule is C=C(F)/C(NC(=O)CCCCN[S+]([O-])C(C)(C)C)=C(/F)C(F)C(C)(CF)N1CC(C)OC(C)C1. The van der Waals surface area contributed by atoms with E-state index >= 15 is 8.78 Å². The lowest BCUT2D eigenvalue weighted by molar-refractivity contribution is -0.120. The zero-order valence-electron chi connectivity index (χ0n) is 21.0. The molecule has 1 heterocycles. The Labute approximate surface area is 203 Å².